The van der Waals surface area contributed by atoms with Crippen molar-refractivity contribution < 1.29 is 19.1 Å². The lowest BCUT2D eigenvalue weighted by Gasteiger charge is -2.12. The second kappa shape index (κ2) is 12.3. The number of nitriles is 1. The van der Waals surface area contributed by atoms with Gasteiger partial charge in [-0.1, -0.05) is 40.9 Å². The largest absolute Gasteiger partial charge is 0.488 e. The summed E-state index contributed by atoms with van der Waals surface area (Å²) in [7, 11) is 0. The Balaban J connectivity index is 1.89. The number of ether oxygens (including phenoxy) is 2. The first kappa shape index (κ1) is 27.6. The van der Waals surface area contributed by atoms with Crippen molar-refractivity contribution in [2.75, 3.05) is 11.9 Å². The number of anilines is 1. The predicted molar refractivity (Wildman–Crippen MR) is 144 cm³/mol. The van der Waals surface area contributed by atoms with Gasteiger partial charge in [-0.05, 0) is 62.7 Å². The lowest BCUT2D eigenvalue weighted by atomic mass is 10.1. The average Bonchev–Trinajstić information content (AvgIpc) is 3.10. The van der Waals surface area contributed by atoms with Crippen LogP contribution in [0, 0.1) is 25.2 Å². The normalized spacial score (nSPS) is 11.1. The number of halogens is 3. The van der Waals surface area contributed by atoms with Gasteiger partial charge in [-0.3, -0.25) is 4.79 Å². The Hall–Kier alpha value is -3.02. The number of carbonyl (C=O) groups is 2. The van der Waals surface area contributed by atoms with Gasteiger partial charge in [0.15, 0.2) is 0 Å². The molecule has 0 saturated carbocycles. The summed E-state index contributed by atoms with van der Waals surface area (Å²) < 4.78 is 11.0. The molecule has 0 fully saturated rings. The highest BCUT2D eigenvalue weighted by molar-refractivity contribution is 7.16. The fourth-order valence-electron chi connectivity index (χ4n) is 3.20. The summed E-state index contributed by atoms with van der Waals surface area (Å²) in [5, 5.41) is 14.1. The molecule has 1 aromatic heterocycles. The number of amides is 1. The molecular weight excluding hydrogens is 543 g/mol. The number of esters is 1. The van der Waals surface area contributed by atoms with Crippen LogP contribution in [0.5, 0.6) is 5.75 Å². The summed E-state index contributed by atoms with van der Waals surface area (Å²) in [6.45, 7) is 5.64. The molecule has 1 N–H and O–H groups in total. The molecule has 1 amide bonds. The zero-order valence-electron chi connectivity index (χ0n) is 19.6. The van der Waals surface area contributed by atoms with E-state index in [1.54, 1.807) is 50.2 Å². The van der Waals surface area contributed by atoms with Crippen LogP contribution in [0.25, 0.3) is 6.08 Å². The van der Waals surface area contributed by atoms with Crippen LogP contribution in [0.4, 0.5) is 5.00 Å². The molecular formula is C26H21Cl3N2O4S. The third kappa shape index (κ3) is 6.59. The number of carbonyl (C=O) groups excluding carboxylic acids is 2. The Morgan fingerprint density at radius 3 is 2.47 bits per heavy atom. The van der Waals surface area contributed by atoms with Crippen LogP contribution < -0.4 is 10.1 Å². The van der Waals surface area contributed by atoms with Gasteiger partial charge in [0.05, 0.1) is 12.2 Å². The fraction of sp³-hybridized carbons (Fsp3) is 0.192. The molecule has 10 heteroatoms. The molecule has 3 aromatic rings. The van der Waals surface area contributed by atoms with Crippen LogP contribution >= 0.6 is 46.1 Å². The van der Waals surface area contributed by atoms with Crippen LogP contribution in [0.3, 0.4) is 0 Å². The molecule has 0 aliphatic rings. The van der Waals surface area contributed by atoms with Gasteiger partial charge >= 0.3 is 5.97 Å². The summed E-state index contributed by atoms with van der Waals surface area (Å²) in [4.78, 5) is 26.3. The second-order valence-electron chi connectivity index (χ2n) is 7.54. The molecule has 0 aliphatic carbocycles. The topological polar surface area (TPSA) is 88.4 Å². The van der Waals surface area contributed by atoms with Crippen molar-refractivity contribution in [2.24, 2.45) is 0 Å². The van der Waals surface area contributed by atoms with Crippen LogP contribution in [0.2, 0.25) is 15.1 Å². The number of thiophene rings is 1. The third-order valence-electron chi connectivity index (χ3n) is 5.13. The van der Waals surface area contributed by atoms with Crippen LogP contribution in [0.1, 0.15) is 38.8 Å². The standard InChI is InChI=1S/C26H21Cl3N2O4S/c1-4-34-26(33)23-14(2)15(3)36-25(23)31-24(32)18(12-30)9-17-10-19(27)7-8-22(17)35-13-16-5-6-20(28)11-21(16)29/h5-11H,4,13H2,1-3H3,(H,31,32)/b18-9+. The number of rotatable bonds is 8. The van der Waals surface area contributed by atoms with Gasteiger partial charge in [0.1, 0.15) is 29.0 Å². The molecule has 0 bridgehead atoms. The number of nitrogens with zero attached hydrogens (tertiary/aromatic N) is 1. The minimum Gasteiger partial charge on any atom is -0.488 e. The lowest BCUT2D eigenvalue weighted by Crippen LogP contribution is -2.16. The lowest BCUT2D eigenvalue weighted by molar-refractivity contribution is -0.112. The Morgan fingerprint density at radius 1 is 1.11 bits per heavy atom. The Bertz CT molecular complexity index is 1390. The van der Waals surface area contributed by atoms with E-state index in [-0.39, 0.29) is 24.4 Å². The summed E-state index contributed by atoms with van der Waals surface area (Å²) >= 11 is 19.6. The van der Waals surface area contributed by atoms with Crippen molar-refractivity contribution >= 4 is 69.1 Å². The molecule has 0 spiro atoms. The van der Waals surface area contributed by atoms with Crippen molar-refractivity contribution in [1.82, 2.24) is 0 Å². The number of nitrogens with one attached hydrogen (secondary N) is 1. The highest BCUT2D eigenvalue weighted by atomic mass is 35.5. The zero-order chi connectivity index (χ0) is 26.4. The number of benzene rings is 2. The Kier molecular flexibility index (Phi) is 9.41. The van der Waals surface area contributed by atoms with Crippen LogP contribution in [-0.2, 0) is 16.1 Å². The average molecular weight is 564 g/mol. The van der Waals surface area contributed by atoms with E-state index in [4.69, 9.17) is 44.3 Å². The first-order valence-electron chi connectivity index (χ1n) is 10.7. The van der Waals surface area contributed by atoms with E-state index >= 15 is 0 Å². The predicted octanol–water partition coefficient (Wildman–Crippen LogP) is 7.63. The zero-order valence-corrected chi connectivity index (χ0v) is 22.7. The summed E-state index contributed by atoms with van der Waals surface area (Å²) in [5.41, 5.74) is 1.91. The van der Waals surface area contributed by atoms with Crippen molar-refractivity contribution in [3.8, 4) is 11.8 Å². The molecule has 36 heavy (non-hydrogen) atoms. The van der Waals surface area contributed by atoms with E-state index in [1.165, 1.54) is 17.4 Å². The first-order chi connectivity index (χ1) is 17.1. The minimum atomic E-state index is -0.684. The second-order valence-corrected chi connectivity index (χ2v) is 10.0. The van der Waals surface area contributed by atoms with E-state index in [9.17, 15) is 14.9 Å². The van der Waals surface area contributed by atoms with Gasteiger partial charge in [-0.15, -0.1) is 11.3 Å². The molecule has 2 aromatic carbocycles. The van der Waals surface area contributed by atoms with Crippen molar-refractivity contribution in [2.45, 2.75) is 27.4 Å². The molecule has 0 aliphatic heterocycles. The van der Waals surface area contributed by atoms with E-state index in [0.717, 1.165) is 4.88 Å². The van der Waals surface area contributed by atoms with Crippen LogP contribution in [0.15, 0.2) is 42.0 Å². The SMILES string of the molecule is CCOC(=O)c1c(NC(=O)/C(C#N)=C/c2cc(Cl)ccc2OCc2ccc(Cl)cc2Cl)sc(C)c1C. The summed E-state index contributed by atoms with van der Waals surface area (Å²) in [6.07, 6.45) is 1.37. The molecule has 0 saturated heterocycles. The molecule has 6 nitrogen and oxygen atoms in total. The molecule has 186 valence electrons. The number of aryl methyl sites for hydroxylation is 1. The Labute approximate surface area is 228 Å². The van der Waals surface area contributed by atoms with Gasteiger partial charge < -0.3 is 14.8 Å². The third-order valence-corrected chi connectivity index (χ3v) is 7.07. The fourth-order valence-corrected chi connectivity index (χ4v) is 4.88. The summed E-state index contributed by atoms with van der Waals surface area (Å²) in [5.74, 6) is -0.833. The minimum absolute atomic E-state index is 0.128. The van der Waals surface area contributed by atoms with Gasteiger partial charge in [0.2, 0.25) is 0 Å². The molecule has 3 rings (SSSR count). The molecule has 0 atom stereocenters. The maximum Gasteiger partial charge on any atom is 0.341 e. The highest BCUT2D eigenvalue weighted by Crippen LogP contribution is 2.34. The van der Waals surface area contributed by atoms with E-state index < -0.39 is 11.9 Å². The van der Waals surface area contributed by atoms with E-state index in [0.29, 0.717) is 42.5 Å². The monoisotopic (exact) mass is 562 g/mol. The van der Waals surface area contributed by atoms with E-state index in [1.807, 2.05) is 13.0 Å². The van der Waals surface area contributed by atoms with Crippen molar-refractivity contribution in [3.05, 3.63) is 84.2 Å². The van der Waals surface area contributed by atoms with Gasteiger partial charge in [-0.2, -0.15) is 5.26 Å². The van der Waals surface area contributed by atoms with Gasteiger partial charge in [-0.25, -0.2) is 4.79 Å². The maximum absolute atomic E-state index is 13.0. The van der Waals surface area contributed by atoms with E-state index in [2.05, 4.69) is 5.32 Å². The van der Waals surface area contributed by atoms with Gasteiger partial charge in [0.25, 0.3) is 5.91 Å². The number of hydrogen-bond acceptors (Lipinski definition) is 6. The maximum atomic E-state index is 13.0. The smallest absolute Gasteiger partial charge is 0.341 e. The number of hydrogen-bond donors (Lipinski definition) is 1. The van der Waals surface area contributed by atoms with Crippen LogP contribution in [-0.4, -0.2) is 18.5 Å². The van der Waals surface area contributed by atoms with Gasteiger partial charge in [0, 0.05) is 31.1 Å². The molecule has 0 unspecified atom stereocenters. The molecule has 0 radical (unpaired) electrons. The molecule has 1 heterocycles. The highest BCUT2D eigenvalue weighted by Gasteiger charge is 2.23. The quantitative estimate of drug-likeness (QED) is 0.173. The van der Waals surface area contributed by atoms with Crippen molar-refractivity contribution in [3.63, 3.8) is 0 Å². The Morgan fingerprint density at radius 2 is 1.81 bits per heavy atom. The van der Waals surface area contributed by atoms with Crippen molar-refractivity contribution in [1.29, 1.82) is 5.26 Å². The first-order valence-corrected chi connectivity index (χ1v) is 12.7. The summed E-state index contributed by atoms with van der Waals surface area (Å²) in [6, 6.07) is 11.8.